The molecule has 0 aliphatic rings. The standard InChI is InChI=1S/C15H24ClNOS/c1-4-14(11-19-3)17(2)10-9-15(18)12-5-7-13(16)8-6-12/h5-8,14-15,18H,4,9-11H2,1-3H3. The van der Waals surface area contributed by atoms with E-state index in [0.29, 0.717) is 11.1 Å². The summed E-state index contributed by atoms with van der Waals surface area (Å²) in [6.07, 6.45) is 3.63. The molecule has 2 unspecified atom stereocenters. The monoisotopic (exact) mass is 301 g/mol. The van der Waals surface area contributed by atoms with Crippen molar-refractivity contribution in [3.8, 4) is 0 Å². The average Bonchev–Trinajstić information content (AvgIpc) is 2.42. The molecule has 0 fully saturated rings. The Morgan fingerprint density at radius 1 is 1.32 bits per heavy atom. The van der Waals surface area contributed by atoms with Crippen molar-refractivity contribution >= 4 is 23.4 Å². The Balaban J connectivity index is 2.44. The molecule has 0 amide bonds. The van der Waals surface area contributed by atoms with Gasteiger partial charge in [0.05, 0.1) is 6.10 Å². The third-order valence-corrected chi connectivity index (χ3v) is 4.43. The predicted molar refractivity (Wildman–Crippen MR) is 86.1 cm³/mol. The molecule has 19 heavy (non-hydrogen) atoms. The van der Waals surface area contributed by atoms with E-state index in [2.05, 4.69) is 25.1 Å². The summed E-state index contributed by atoms with van der Waals surface area (Å²) in [5, 5.41) is 10.9. The molecule has 0 saturated heterocycles. The molecule has 0 bridgehead atoms. The number of thioether (sulfide) groups is 1. The first-order valence-electron chi connectivity index (χ1n) is 6.71. The van der Waals surface area contributed by atoms with Gasteiger partial charge < -0.3 is 10.0 Å². The maximum absolute atomic E-state index is 10.2. The molecule has 0 spiro atoms. The molecule has 1 rings (SSSR count). The zero-order chi connectivity index (χ0) is 14.3. The molecule has 108 valence electrons. The first kappa shape index (κ1) is 16.8. The lowest BCUT2D eigenvalue weighted by Gasteiger charge is -2.27. The van der Waals surface area contributed by atoms with Gasteiger partial charge in [0.2, 0.25) is 0 Å². The van der Waals surface area contributed by atoms with Crippen molar-refractivity contribution in [1.29, 1.82) is 0 Å². The van der Waals surface area contributed by atoms with Gasteiger partial charge >= 0.3 is 0 Å². The van der Waals surface area contributed by atoms with Crippen LogP contribution in [0.1, 0.15) is 31.4 Å². The van der Waals surface area contributed by atoms with Crippen LogP contribution < -0.4 is 0 Å². The molecule has 0 aliphatic heterocycles. The number of benzene rings is 1. The first-order chi connectivity index (χ1) is 9.08. The van der Waals surface area contributed by atoms with E-state index in [4.69, 9.17) is 11.6 Å². The molecule has 1 N–H and O–H groups in total. The summed E-state index contributed by atoms with van der Waals surface area (Å²) < 4.78 is 0. The van der Waals surface area contributed by atoms with Crippen molar-refractivity contribution in [2.75, 3.05) is 25.6 Å². The van der Waals surface area contributed by atoms with E-state index >= 15 is 0 Å². The molecule has 1 aromatic carbocycles. The second-order valence-electron chi connectivity index (χ2n) is 4.85. The van der Waals surface area contributed by atoms with Gasteiger partial charge in [0.15, 0.2) is 0 Å². The van der Waals surface area contributed by atoms with Crippen molar-refractivity contribution in [1.82, 2.24) is 4.90 Å². The van der Waals surface area contributed by atoms with E-state index < -0.39 is 6.10 Å². The highest BCUT2D eigenvalue weighted by Crippen LogP contribution is 2.20. The van der Waals surface area contributed by atoms with Crippen LogP contribution in [0.15, 0.2) is 24.3 Å². The van der Waals surface area contributed by atoms with E-state index in [1.54, 1.807) is 0 Å². The van der Waals surface area contributed by atoms with Crippen molar-refractivity contribution in [2.45, 2.75) is 31.9 Å². The molecule has 0 aliphatic carbocycles. The highest BCUT2D eigenvalue weighted by molar-refractivity contribution is 7.98. The Hall–Kier alpha value is -0.220. The van der Waals surface area contributed by atoms with Crippen molar-refractivity contribution < 1.29 is 5.11 Å². The number of aliphatic hydroxyl groups is 1. The normalized spacial score (nSPS) is 14.6. The maximum atomic E-state index is 10.2. The minimum absolute atomic E-state index is 0.411. The van der Waals surface area contributed by atoms with Crippen LogP contribution in [0.5, 0.6) is 0 Å². The third kappa shape index (κ3) is 5.74. The van der Waals surface area contributed by atoms with Crippen LogP contribution in [0.4, 0.5) is 0 Å². The molecule has 4 heteroatoms. The highest BCUT2D eigenvalue weighted by Gasteiger charge is 2.14. The number of rotatable bonds is 8. The summed E-state index contributed by atoms with van der Waals surface area (Å²) in [6, 6.07) is 8.03. The number of hydrogen-bond acceptors (Lipinski definition) is 3. The van der Waals surface area contributed by atoms with Crippen LogP contribution in [0, 0.1) is 0 Å². The zero-order valence-corrected chi connectivity index (χ0v) is 13.5. The van der Waals surface area contributed by atoms with Crippen LogP contribution in [0.2, 0.25) is 5.02 Å². The molecule has 2 atom stereocenters. The lowest BCUT2D eigenvalue weighted by molar-refractivity contribution is 0.139. The smallest absolute Gasteiger partial charge is 0.0802 e. The highest BCUT2D eigenvalue weighted by atomic mass is 35.5. The molecular weight excluding hydrogens is 278 g/mol. The lowest BCUT2D eigenvalue weighted by Crippen LogP contribution is -2.34. The summed E-state index contributed by atoms with van der Waals surface area (Å²) in [5.74, 6) is 1.14. The largest absolute Gasteiger partial charge is 0.388 e. The van der Waals surface area contributed by atoms with Crippen LogP contribution in [0.3, 0.4) is 0 Å². The zero-order valence-electron chi connectivity index (χ0n) is 12.0. The number of hydrogen-bond donors (Lipinski definition) is 1. The van der Waals surface area contributed by atoms with Crippen molar-refractivity contribution in [2.24, 2.45) is 0 Å². The van der Waals surface area contributed by atoms with Crippen LogP contribution in [0.25, 0.3) is 0 Å². The van der Waals surface area contributed by atoms with Crippen molar-refractivity contribution in [3.63, 3.8) is 0 Å². The molecule has 0 saturated carbocycles. The number of nitrogens with zero attached hydrogens (tertiary/aromatic N) is 1. The fourth-order valence-electron chi connectivity index (χ4n) is 2.11. The third-order valence-electron chi connectivity index (χ3n) is 3.46. The van der Waals surface area contributed by atoms with Crippen LogP contribution in [-0.2, 0) is 0 Å². The van der Waals surface area contributed by atoms with Gasteiger partial charge in [-0.1, -0.05) is 30.7 Å². The van der Waals surface area contributed by atoms with E-state index in [1.165, 1.54) is 0 Å². The number of aliphatic hydroxyl groups excluding tert-OH is 1. The van der Waals surface area contributed by atoms with Crippen LogP contribution in [-0.4, -0.2) is 41.6 Å². The molecule has 0 heterocycles. The SMILES string of the molecule is CCC(CSC)N(C)CCC(O)c1ccc(Cl)cc1. The average molecular weight is 302 g/mol. The van der Waals surface area contributed by atoms with Gasteiger partial charge in [0.25, 0.3) is 0 Å². The van der Waals surface area contributed by atoms with Crippen LogP contribution >= 0.6 is 23.4 Å². The van der Waals surface area contributed by atoms with Gasteiger partial charge in [-0.05, 0) is 43.8 Å². The van der Waals surface area contributed by atoms with E-state index in [-0.39, 0.29) is 0 Å². The van der Waals surface area contributed by atoms with Gasteiger partial charge in [-0.15, -0.1) is 0 Å². The van der Waals surface area contributed by atoms with E-state index in [1.807, 2.05) is 36.0 Å². The topological polar surface area (TPSA) is 23.5 Å². The number of halogens is 1. The van der Waals surface area contributed by atoms with Gasteiger partial charge in [0.1, 0.15) is 0 Å². The van der Waals surface area contributed by atoms with E-state index in [0.717, 1.165) is 30.7 Å². The Morgan fingerprint density at radius 3 is 2.47 bits per heavy atom. The molecule has 1 aromatic rings. The van der Waals surface area contributed by atoms with Gasteiger partial charge in [-0.2, -0.15) is 11.8 Å². The second kappa shape index (κ2) is 8.85. The second-order valence-corrected chi connectivity index (χ2v) is 6.20. The Labute approximate surface area is 126 Å². The minimum Gasteiger partial charge on any atom is -0.388 e. The minimum atomic E-state index is -0.411. The fraction of sp³-hybridized carbons (Fsp3) is 0.600. The summed E-state index contributed by atoms with van der Waals surface area (Å²) in [6.45, 7) is 3.12. The van der Waals surface area contributed by atoms with Gasteiger partial charge in [-0.3, -0.25) is 0 Å². The predicted octanol–water partition coefficient (Wildman–Crippen LogP) is 3.84. The lowest BCUT2D eigenvalue weighted by atomic mass is 10.1. The first-order valence-corrected chi connectivity index (χ1v) is 8.48. The Kier molecular flexibility index (Phi) is 7.84. The van der Waals surface area contributed by atoms with Gasteiger partial charge in [0, 0.05) is 23.4 Å². The van der Waals surface area contributed by atoms with E-state index in [9.17, 15) is 5.11 Å². The van der Waals surface area contributed by atoms with Crippen molar-refractivity contribution in [3.05, 3.63) is 34.9 Å². The fourth-order valence-corrected chi connectivity index (χ4v) is 3.11. The molecule has 2 nitrogen and oxygen atoms in total. The molecular formula is C15H24ClNOS. The summed E-state index contributed by atoms with van der Waals surface area (Å²) in [4.78, 5) is 2.34. The Morgan fingerprint density at radius 2 is 1.95 bits per heavy atom. The molecule has 0 aromatic heterocycles. The summed E-state index contributed by atoms with van der Waals surface area (Å²) >= 11 is 7.72. The quantitative estimate of drug-likeness (QED) is 0.789. The van der Waals surface area contributed by atoms with Gasteiger partial charge in [-0.25, -0.2) is 0 Å². The molecule has 0 radical (unpaired) electrons. The Bertz CT molecular complexity index is 358. The summed E-state index contributed by atoms with van der Waals surface area (Å²) in [5.41, 5.74) is 0.940. The summed E-state index contributed by atoms with van der Waals surface area (Å²) in [7, 11) is 2.14. The maximum Gasteiger partial charge on any atom is 0.0802 e.